The number of H-pyrrole nitrogens is 1. The fourth-order valence-electron chi connectivity index (χ4n) is 3.20. The number of aromatic nitrogens is 2. The van der Waals surface area contributed by atoms with E-state index in [4.69, 9.17) is 0 Å². The Hall–Kier alpha value is -2.82. The molecule has 0 aliphatic heterocycles. The van der Waals surface area contributed by atoms with Crippen molar-refractivity contribution in [3.63, 3.8) is 0 Å². The van der Waals surface area contributed by atoms with Gasteiger partial charge in [-0.25, -0.2) is 4.79 Å². The van der Waals surface area contributed by atoms with Crippen molar-refractivity contribution in [1.82, 2.24) is 10.2 Å². The Kier molecular flexibility index (Phi) is 5.56. The Bertz CT molecular complexity index is 898. The number of benzene rings is 2. The molecule has 136 valence electrons. The Morgan fingerprint density at radius 2 is 1.96 bits per heavy atom. The van der Waals surface area contributed by atoms with Gasteiger partial charge in [-0.05, 0) is 48.1 Å². The van der Waals surface area contributed by atoms with Gasteiger partial charge in [-0.2, -0.15) is 5.10 Å². The number of carbonyl (C=O) groups excluding carboxylic acids is 1. The summed E-state index contributed by atoms with van der Waals surface area (Å²) in [4.78, 5) is 12.5. The largest absolute Gasteiger partial charge is 0.323 e. The number of rotatable bonds is 6. The number of aryl methyl sites for hydroxylation is 1. The number of urea groups is 1. The van der Waals surface area contributed by atoms with Crippen molar-refractivity contribution in [1.29, 1.82) is 0 Å². The summed E-state index contributed by atoms with van der Waals surface area (Å²) in [6.07, 6.45) is 4.74. The molecule has 26 heavy (non-hydrogen) atoms. The molecule has 0 saturated carbocycles. The van der Waals surface area contributed by atoms with Crippen LogP contribution in [0.3, 0.4) is 0 Å². The highest BCUT2D eigenvalue weighted by atomic mass is 16.2. The average molecular weight is 350 g/mol. The smallest absolute Gasteiger partial charge is 0.307 e. The number of nitrogens with zero attached hydrogens (tertiary/aromatic N) is 1. The summed E-state index contributed by atoms with van der Waals surface area (Å²) < 4.78 is 0. The van der Waals surface area contributed by atoms with Crippen molar-refractivity contribution in [2.24, 2.45) is 5.92 Å². The van der Waals surface area contributed by atoms with Crippen molar-refractivity contribution in [2.75, 3.05) is 10.6 Å². The molecule has 0 saturated heterocycles. The third-order valence-electron chi connectivity index (χ3n) is 4.31. The summed E-state index contributed by atoms with van der Waals surface area (Å²) in [6.45, 7) is 6.59. The van der Waals surface area contributed by atoms with Crippen molar-refractivity contribution in [2.45, 2.75) is 40.0 Å². The van der Waals surface area contributed by atoms with E-state index < -0.39 is 0 Å². The van der Waals surface area contributed by atoms with Crippen LogP contribution < -0.4 is 10.6 Å². The summed E-state index contributed by atoms with van der Waals surface area (Å²) in [5.74, 6) is 0.613. The van der Waals surface area contributed by atoms with E-state index in [-0.39, 0.29) is 6.03 Å². The molecule has 0 aliphatic carbocycles. The van der Waals surface area contributed by atoms with E-state index in [1.54, 1.807) is 6.20 Å². The van der Waals surface area contributed by atoms with Crippen LogP contribution in [-0.4, -0.2) is 16.2 Å². The number of aromatic amines is 1. The molecule has 1 heterocycles. The van der Waals surface area contributed by atoms with Gasteiger partial charge in [0.2, 0.25) is 0 Å². The highest BCUT2D eigenvalue weighted by molar-refractivity contribution is 6.05. The minimum Gasteiger partial charge on any atom is -0.307 e. The first-order valence-corrected chi connectivity index (χ1v) is 9.18. The van der Waals surface area contributed by atoms with Gasteiger partial charge in [0, 0.05) is 11.1 Å². The molecule has 3 rings (SSSR count). The van der Waals surface area contributed by atoms with Crippen LogP contribution >= 0.6 is 0 Å². The van der Waals surface area contributed by atoms with Gasteiger partial charge in [-0.3, -0.25) is 5.10 Å². The fourth-order valence-corrected chi connectivity index (χ4v) is 3.20. The molecule has 5 heteroatoms. The number of nitrogens with one attached hydrogen (secondary N) is 3. The molecule has 0 atom stereocenters. The third kappa shape index (κ3) is 4.23. The zero-order valence-corrected chi connectivity index (χ0v) is 15.6. The first kappa shape index (κ1) is 18.0. The van der Waals surface area contributed by atoms with Crippen LogP contribution in [0.1, 0.15) is 38.3 Å². The quantitative estimate of drug-likeness (QED) is 0.560. The molecule has 0 radical (unpaired) electrons. The number of hydrogen-bond acceptors (Lipinski definition) is 2. The van der Waals surface area contributed by atoms with Crippen LogP contribution in [0, 0.1) is 5.92 Å². The van der Waals surface area contributed by atoms with E-state index >= 15 is 0 Å². The highest BCUT2D eigenvalue weighted by Gasteiger charge is 2.10. The lowest BCUT2D eigenvalue weighted by molar-refractivity contribution is 0.262. The van der Waals surface area contributed by atoms with Crippen molar-refractivity contribution < 1.29 is 4.79 Å². The van der Waals surface area contributed by atoms with Gasteiger partial charge in [-0.15, -0.1) is 0 Å². The topological polar surface area (TPSA) is 69.8 Å². The molecule has 2 aromatic carbocycles. The molecule has 5 nitrogen and oxygen atoms in total. The van der Waals surface area contributed by atoms with Crippen LogP contribution in [-0.2, 0) is 12.8 Å². The maximum absolute atomic E-state index is 12.5. The lowest BCUT2D eigenvalue weighted by Crippen LogP contribution is -2.20. The Labute approximate surface area is 154 Å². The Morgan fingerprint density at radius 1 is 1.15 bits per heavy atom. The standard InChI is InChI=1S/C21H26N4O/c1-4-6-16-12-15(11-14(2)3)9-10-18(16)23-21(26)24-19-7-5-8-20-17(19)13-22-25-20/h5,7-10,12-14H,4,6,11H2,1-3H3,(H,22,25)(H2,23,24,26). The number of carbonyl (C=O) groups is 1. The number of fused-ring (bicyclic) bond motifs is 1. The van der Waals surface area contributed by atoms with Crippen LogP contribution in [0.5, 0.6) is 0 Å². The van der Waals surface area contributed by atoms with Gasteiger partial charge < -0.3 is 10.6 Å². The summed E-state index contributed by atoms with van der Waals surface area (Å²) >= 11 is 0. The van der Waals surface area contributed by atoms with E-state index in [1.807, 2.05) is 24.3 Å². The second kappa shape index (κ2) is 8.04. The molecular weight excluding hydrogens is 324 g/mol. The van der Waals surface area contributed by atoms with Crippen molar-refractivity contribution in [3.8, 4) is 0 Å². The summed E-state index contributed by atoms with van der Waals surface area (Å²) in [5, 5.41) is 13.8. The highest BCUT2D eigenvalue weighted by Crippen LogP contribution is 2.23. The van der Waals surface area contributed by atoms with Gasteiger partial charge in [0.05, 0.1) is 17.4 Å². The van der Waals surface area contributed by atoms with Gasteiger partial charge in [-0.1, -0.05) is 45.4 Å². The monoisotopic (exact) mass is 350 g/mol. The molecule has 3 N–H and O–H groups in total. The maximum Gasteiger partial charge on any atom is 0.323 e. The fraction of sp³-hybridized carbons (Fsp3) is 0.333. The van der Waals surface area contributed by atoms with Gasteiger partial charge in [0.1, 0.15) is 0 Å². The first-order valence-electron chi connectivity index (χ1n) is 9.18. The normalized spacial score (nSPS) is 11.1. The van der Waals surface area contributed by atoms with E-state index in [0.29, 0.717) is 5.92 Å². The van der Waals surface area contributed by atoms with Crippen LogP contribution in [0.25, 0.3) is 10.9 Å². The zero-order chi connectivity index (χ0) is 18.5. The van der Waals surface area contributed by atoms with Gasteiger partial charge in [0.25, 0.3) is 0 Å². The van der Waals surface area contributed by atoms with Crippen LogP contribution in [0.2, 0.25) is 0 Å². The minimum absolute atomic E-state index is 0.243. The second-order valence-corrected chi connectivity index (χ2v) is 7.06. The van der Waals surface area contributed by atoms with E-state index in [9.17, 15) is 4.79 Å². The average Bonchev–Trinajstić information content (AvgIpc) is 3.07. The molecule has 1 aromatic heterocycles. The van der Waals surface area contributed by atoms with E-state index in [0.717, 1.165) is 41.5 Å². The zero-order valence-electron chi connectivity index (χ0n) is 15.6. The van der Waals surface area contributed by atoms with E-state index in [2.05, 4.69) is 53.7 Å². The Morgan fingerprint density at radius 3 is 2.73 bits per heavy atom. The predicted molar refractivity (Wildman–Crippen MR) is 108 cm³/mol. The SMILES string of the molecule is CCCc1cc(CC(C)C)ccc1NC(=O)Nc1cccc2[nH]ncc12. The minimum atomic E-state index is -0.243. The molecule has 0 unspecified atom stereocenters. The molecule has 0 fully saturated rings. The molecular formula is C21H26N4O. The van der Waals surface area contributed by atoms with Crippen LogP contribution in [0.4, 0.5) is 16.2 Å². The summed E-state index contributed by atoms with van der Waals surface area (Å²) in [7, 11) is 0. The van der Waals surface area contributed by atoms with Gasteiger partial charge >= 0.3 is 6.03 Å². The number of anilines is 2. The number of amides is 2. The third-order valence-corrected chi connectivity index (χ3v) is 4.31. The number of hydrogen-bond donors (Lipinski definition) is 3. The van der Waals surface area contributed by atoms with Gasteiger partial charge in [0.15, 0.2) is 0 Å². The van der Waals surface area contributed by atoms with E-state index in [1.165, 1.54) is 11.1 Å². The van der Waals surface area contributed by atoms with Crippen LogP contribution in [0.15, 0.2) is 42.6 Å². The predicted octanol–water partition coefficient (Wildman–Crippen LogP) is 5.36. The molecule has 0 aliphatic rings. The molecule has 0 bridgehead atoms. The summed E-state index contributed by atoms with van der Waals surface area (Å²) in [5.41, 5.74) is 5.01. The maximum atomic E-state index is 12.5. The molecule has 0 spiro atoms. The lowest BCUT2D eigenvalue weighted by atomic mass is 9.98. The first-order chi connectivity index (χ1) is 12.6. The van der Waals surface area contributed by atoms with Crippen molar-refractivity contribution in [3.05, 3.63) is 53.7 Å². The van der Waals surface area contributed by atoms with Crippen molar-refractivity contribution >= 4 is 28.3 Å². The second-order valence-electron chi connectivity index (χ2n) is 7.06. The molecule has 3 aromatic rings. The molecule has 2 amide bonds. The lowest BCUT2D eigenvalue weighted by Gasteiger charge is -2.14. The summed E-state index contributed by atoms with van der Waals surface area (Å²) in [6, 6.07) is 11.8. The Balaban J connectivity index is 1.76.